The van der Waals surface area contributed by atoms with E-state index in [-0.39, 0.29) is 5.70 Å². The predicted molar refractivity (Wildman–Crippen MR) is 100 cm³/mol. The number of urea groups is 1. The number of hydrogen-bond donors (Lipinski definition) is 2. The Balaban J connectivity index is 1.90. The van der Waals surface area contributed by atoms with Crippen LogP contribution in [0.4, 0.5) is 10.6 Å². The SMILES string of the molecule is Cc1ccc(-c2cc(N(C)C)n3ncc(/C=C4\NC(=O)NC4=O)c3n2)s1. The van der Waals surface area contributed by atoms with E-state index in [1.165, 1.54) is 4.88 Å². The van der Waals surface area contributed by atoms with Crippen molar-refractivity contribution in [3.05, 3.63) is 40.5 Å². The minimum absolute atomic E-state index is 0.176. The van der Waals surface area contributed by atoms with Crippen LogP contribution in [0.5, 0.6) is 0 Å². The van der Waals surface area contributed by atoms with Gasteiger partial charge in [0, 0.05) is 30.6 Å². The van der Waals surface area contributed by atoms with Crippen molar-refractivity contribution in [2.24, 2.45) is 0 Å². The Bertz CT molecular complexity index is 1080. The van der Waals surface area contributed by atoms with E-state index in [9.17, 15) is 9.59 Å². The molecule has 0 bridgehead atoms. The summed E-state index contributed by atoms with van der Waals surface area (Å²) in [6, 6.07) is 5.54. The highest BCUT2D eigenvalue weighted by Gasteiger charge is 2.24. The summed E-state index contributed by atoms with van der Waals surface area (Å²) in [5.74, 6) is 0.396. The first-order valence-corrected chi connectivity index (χ1v) is 8.71. The van der Waals surface area contributed by atoms with E-state index in [4.69, 9.17) is 4.98 Å². The zero-order chi connectivity index (χ0) is 18.4. The molecule has 0 radical (unpaired) electrons. The average molecular weight is 368 g/mol. The molecule has 3 amide bonds. The summed E-state index contributed by atoms with van der Waals surface area (Å²) in [7, 11) is 3.87. The number of fused-ring (bicyclic) bond motifs is 1. The van der Waals surface area contributed by atoms with Gasteiger partial charge in [0.2, 0.25) is 0 Å². The van der Waals surface area contributed by atoms with Gasteiger partial charge in [-0.1, -0.05) is 0 Å². The first kappa shape index (κ1) is 16.3. The van der Waals surface area contributed by atoms with E-state index in [1.54, 1.807) is 28.1 Å². The van der Waals surface area contributed by atoms with E-state index < -0.39 is 11.9 Å². The zero-order valence-corrected chi connectivity index (χ0v) is 15.2. The smallest absolute Gasteiger partial charge is 0.326 e. The van der Waals surface area contributed by atoms with Crippen molar-refractivity contribution in [2.75, 3.05) is 19.0 Å². The molecule has 0 atom stereocenters. The standard InChI is InChI=1S/C17H16N6O2S/c1-9-4-5-13(26-9)11-7-14(22(2)3)23-15(19-11)10(8-18-23)6-12-16(24)21-17(25)20-12/h4-8H,1-3H3,(H2,20,21,24,25)/b12-6-. The second-order valence-corrected chi connectivity index (χ2v) is 7.39. The number of carbonyl (C=O) groups excluding carboxylic acids is 2. The molecule has 1 saturated heterocycles. The Morgan fingerprint density at radius 1 is 1.23 bits per heavy atom. The summed E-state index contributed by atoms with van der Waals surface area (Å²) in [5.41, 5.74) is 2.27. The summed E-state index contributed by atoms with van der Waals surface area (Å²) in [6.07, 6.45) is 3.21. The van der Waals surface area contributed by atoms with Crippen LogP contribution < -0.4 is 15.5 Å². The van der Waals surface area contributed by atoms with Gasteiger partial charge in [0.25, 0.3) is 5.91 Å². The van der Waals surface area contributed by atoms with Gasteiger partial charge < -0.3 is 10.2 Å². The van der Waals surface area contributed by atoms with Gasteiger partial charge in [0.05, 0.1) is 16.8 Å². The summed E-state index contributed by atoms with van der Waals surface area (Å²) in [5, 5.41) is 9.06. The Labute approximate surface area is 153 Å². The normalized spacial score (nSPS) is 15.6. The largest absolute Gasteiger partial charge is 0.363 e. The lowest BCUT2D eigenvalue weighted by molar-refractivity contribution is -0.115. The predicted octanol–water partition coefficient (Wildman–Crippen LogP) is 2.01. The minimum atomic E-state index is -0.533. The summed E-state index contributed by atoms with van der Waals surface area (Å²) in [4.78, 5) is 32.1. The van der Waals surface area contributed by atoms with Crippen LogP contribution in [0.1, 0.15) is 10.4 Å². The van der Waals surface area contributed by atoms with Crippen LogP contribution in [0.15, 0.2) is 30.1 Å². The lowest BCUT2D eigenvalue weighted by Gasteiger charge is -2.15. The fourth-order valence-corrected chi connectivity index (χ4v) is 3.55. The topological polar surface area (TPSA) is 91.6 Å². The van der Waals surface area contributed by atoms with E-state index in [0.29, 0.717) is 11.2 Å². The molecule has 2 N–H and O–H groups in total. The number of anilines is 1. The highest BCUT2D eigenvalue weighted by Crippen LogP contribution is 2.30. The Morgan fingerprint density at radius 2 is 2.04 bits per heavy atom. The molecule has 0 saturated carbocycles. The molecule has 1 fully saturated rings. The molecule has 4 heterocycles. The molecule has 26 heavy (non-hydrogen) atoms. The number of imide groups is 1. The number of amides is 3. The molecule has 9 heteroatoms. The summed E-state index contributed by atoms with van der Waals surface area (Å²) in [6.45, 7) is 2.05. The number of hydrogen-bond acceptors (Lipinski definition) is 6. The molecule has 132 valence electrons. The van der Waals surface area contributed by atoms with E-state index in [1.807, 2.05) is 31.1 Å². The van der Waals surface area contributed by atoms with Gasteiger partial charge in [0.1, 0.15) is 11.5 Å². The molecule has 4 rings (SSSR count). The molecule has 8 nitrogen and oxygen atoms in total. The van der Waals surface area contributed by atoms with Crippen LogP contribution in [0, 0.1) is 6.92 Å². The monoisotopic (exact) mass is 368 g/mol. The average Bonchev–Trinajstić information content (AvgIpc) is 3.27. The van der Waals surface area contributed by atoms with Crippen LogP contribution >= 0.6 is 11.3 Å². The third kappa shape index (κ3) is 2.72. The Kier molecular flexibility index (Phi) is 3.73. The van der Waals surface area contributed by atoms with Gasteiger partial charge in [-0.15, -0.1) is 11.3 Å². The number of aryl methyl sites for hydroxylation is 1. The van der Waals surface area contributed by atoms with Crippen molar-refractivity contribution < 1.29 is 9.59 Å². The van der Waals surface area contributed by atoms with Crippen LogP contribution in [0.3, 0.4) is 0 Å². The van der Waals surface area contributed by atoms with Crippen LogP contribution in [0.25, 0.3) is 22.3 Å². The molecule has 0 aliphatic carbocycles. The maximum atomic E-state index is 11.8. The van der Waals surface area contributed by atoms with Gasteiger partial charge in [-0.2, -0.15) is 9.61 Å². The Hall–Kier alpha value is -3.20. The highest BCUT2D eigenvalue weighted by atomic mass is 32.1. The van der Waals surface area contributed by atoms with Gasteiger partial charge >= 0.3 is 6.03 Å². The van der Waals surface area contributed by atoms with Crippen LogP contribution in [-0.4, -0.2) is 40.6 Å². The molecular formula is C17H16N6O2S. The van der Waals surface area contributed by atoms with Crippen molar-refractivity contribution in [2.45, 2.75) is 6.92 Å². The number of nitrogens with one attached hydrogen (secondary N) is 2. The number of rotatable bonds is 3. The van der Waals surface area contributed by atoms with E-state index >= 15 is 0 Å². The van der Waals surface area contributed by atoms with Crippen molar-refractivity contribution in [3.63, 3.8) is 0 Å². The van der Waals surface area contributed by atoms with Crippen molar-refractivity contribution in [1.82, 2.24) is 25.2 Å². The molecule has 1 aliphatic rings. The lowest BCUT2D eigenvalue weighted by atomic mass is 10.2. The Morgan fingerprint density at radius 3 is 2.65 bits per heavy atom. The number of thiophene rings is 1. The van der Waals surface area contributed by atoms with Crippen LogP contribution in [-0.2, 0) is 4.79 Å². The van der Waals surface area contributed by atoms with E-state index in [0.717, 1.165) is 16.4 Å². The van der Waals surface area contributed by atoms with Crippen LogP contribution in [0.2, 0.25) is 0 Å². The summed E-state index contributed by atoms with van der Waals surface area (Å²) >= 11 is 1.66. The molecule has 3 aromatic heterocycles. The summed E-state index contributed by atoms with van der Waals surface area (Å²) < 4.78 is 1.71. The minimum Gasteiger partial charge on any atom is -0.363 e. The number of carbonyl (C=O) groups is 2. The lowest BCUT2D eigenvalue weighted by Crippen LogP contribution is -2.22. The second kappa shape index (κ2) is 5.95. The molecule has 3 aromatic rings. The first-order valence-electron chi connectivity index (χ1n) is 7.89. The van der Waals surface area contributed by atoms with Gasteiger partial charge in [-0.3, -0.25) is 10.1 Å². The number of nitrogens with zero attached hydrogens (tertiary/aromatic N) is 4. The zero-order valence-electron chi connectivity index (χ0n) is 14.4. The quantitative estimate of drug-likeness (QED) is 0.545. The fourth-order valence-electron chi connectivity index (χ4n) is 2.72. The molecule has 0 spiro atoms. The van der Waals surface area contributed by atoms with Crippen molar-refractivity contribution in [3.8, 4) is 10.6 Å². The fraction of sp³-hybridized carbons (Fsp3) is 0.176. The third-order valence-corrected chi connectivity index (χ3v) is 4.97. The molecule has 0 aromatic carbocycles. The third-order valence-electron chi connectivity index (χ3n) is 3.95. The van der Waals surface area contributed by atoms with E-state index in [2.05, 4.69) is 28.7 Å². The van der Waals surface area contributed by atoms with Gasteiger partial charge in [-0.25, -0.2) is 9.78 Å². The molecular weight excluding hydrogens is 352 g/mol. The molecule has 0 unspecified atom stereocenters. The highest BCUT2D eigenvalue weighted by molar-refractivity contribution is 7.15. The van der Waals surface area contributed by atoms with Crippen molar-refractivity contribution in [1.29, 1.82) is 0 Å². The second-order valence-electron chi connectivity index (χ2n) is 6.11. The maximum absolute atomic E-state index is 11.8. The first-order chi connectivity index (χ1) is 12.4. The number of aromatic nitrogens is 3. The van der Waals surface area contributed by atoms with Gasteiger partial charge in [0.15, 0.2) is 5.65 Å². The molecule has 1 aliphatic heterocycles. The van der Waals surface area contributed by atoms with Gasteiger partial charge in [-0.05, 0) is 25.1 Å². The maximum Gasteiger partial charge on any atom is 0.326 e. The van der Waals surface area contributed by atoms with Crippen molar-refractivity contribution >= 4 is 40.8 Å².